The van der Waals surface area contributed by atoms with Crippen LogP contribution in [0.4, 0.5) is 27.3 Å². The first kappa shape index (κ1) is 24.0. The third kappa shape index (κ3) is 4.86. The second-order valence-electron chi connectivity index (χ2n) is 9.93. The smallest absolute Gasteiger partial charge is 0.230 e. The predicted molar refractivity (Wildman–Crippen MR) is 135 cm³/mol. The Bertz CT molecular complexity index is 1070. The van der Waals surface area contributed by atoms with Gasteiger partial charge in [-0.25, -0.2) is 9.37 Å². The highest BCUT2D eigenvalue weighted by Gasteiger charge is 2.38. The second kappa shape index (κ2) is 10.1. The SMILES string of the molecule is CCO[C@H]1CC[C@@H](C(=O)N2Cc3cccnc3Nc3ccc(N4C[C@@H](C)OC[C@H]4C)cc32)C[C@@H]1F. The number of carbonyl (C=O) groups is 1. The quantitative estimate of drug-likeness (QED) is 0.674. The van der Waals surface area contributed by atoms with Crippen LogP contribution in [0.1, 0.15) is 45.6 Å². The minimum Gasteiger partial charge on any atom is -0.375 e. The molecule has 1 aliphatic carbocycles. The third-order valence-corrected chi connectivity index (χ3v) is 7.39. The van der Waals surface area contributed by atoms with Crippen LogP contribution in [0.25, 0.3) is 0 Å². The van der Waals surface area contributed by atoms with Gasteiger partial charge < -0.3 is 24.6 Å². The molecule has 1 saturated carbocycles. The summed E-state index contributed by atoms with van der Waals surface area (Å²) in [6.07, 6.45) is 1.72. The number of hydrogen-bond donors (Lipinski definition) is 1. The molecule has 2 fully saturated rings. The lowest BCUT2D eigenvalue weighted by Crippen LogP contribution is -2.47. The van der Waals surface area contributed by atoms with E-state index in [1.165, 1.54) is 0 Å². The van der Waals surface area contributed by atoms with E-state index in [9.17, 15) is 9.18 Å². The number of aromatic nitrogens is 1. The zero-order valence-corrected chi connectivity index (χ0v) is 20.7. The highest BCUT2D eigenvalue weighted by molar-refractivity contribution is 6.00. The Morgan fingerprint density at radius 2 is 2.14 bits per heavy atom. The topological polar surface area (TPSA) is 66.9 Å². The summed E-state index contributed by atoms with van der Waals surface area (Å²) < 4.78 is 26.3. The van der Waals surface area contributed by atoms with Crippen LogP contribution in [-0.4, -0.2) is 55.1 Å². The number of amides is 1. The van der Waals surface area contributed by atoms with Gasteiger partial charge in [0.25, 0.3) is 0 Å². The van der Waals surface area contributed by atoms with Crippen molar-refractivity contribution >= 4 is 28.8 Å². The van der Waals surface area contributed by atoms with Gasteiger partial charge >= 0.3 is 0 Å². The van der Waals surface area contributed by atoms with Crippen LogP contribution in [0.15, 0.2) is 36.5 Å². The maximum atomic E-state index is 14.9. The molecule has 3 heterocycles. The molecule has 1 aromatic carbocycles. The van der Waals surface area contributed by atoms with E-state index in [4.69, 9.17) is 9.47 Å². The summed E-state index contributed by atoms with van der Waals surface area (Å²) >= 11 is 0. The van der Waals surface area contributed by atoms with Gasteiger partial charge in [-0.15, -0.1) is 0 Å². The van der Waals surface area contributed by atoms with E-state index < -0.39 is 12.3 Å². The number of rotatable bonds is 4. The minimum absolute atomic E-state index is 0.0390. The zero-order chi connectivity index (χ0) is 24.5. The van der Waals surface area contributed by atoms with Crippen molar-refractivity contribution in [2.24, 2.45) is 5.92 Å². The summed E-state index contributed by atoms with van der Waals surface area (Å²) in [6, 6.07) is 10.3. The van der Waals surface area contributed by atoms with Crippen LogP contribution in [-0.2, 0) is 20.8 Å². The molecule has 2 aliphatic heterocycles. The summed E-state index contributed by atoms with van der Waals surface area (Å²) in [5.74, 6) is 0.329. The lowest BCUT2D eigenvalue weighted by molar-refractivity contribution is -0.126. The fourth-order valence-corrected chi connectivity index (χ4v) is 5.48. The van der Waals surface area contributed by atoms with Crippen molar-refractivity contribution in [1.82, 2.24) is 4.98 Å². The van der Waals surface area contributed by atoms with Crippen molar-refractivity contribution in [2.45, 2.75) is 71.0 Å². The lowest BCUT2D eigenvalue weighted by atomic mass is 9.85. The summed E-state index contributed by atoms with van der Waals surface area (Å²) in [6.45, 7) is 8.43. The number of hydrogen-bond acceptors (Lipinski definition) is 6. The first-order valence-electron chi connectivity index (χ1n) is 12.7. The summed E-state index contributed by atoms with van der Waals surface area (Å²) in [7, 11) is 0. The highest BCUT2D eigenvalue weighted by Crippen LogP contribution is 2.40. The molecule has 188 valence electrons. The van der Waals surface area contributed by atoms with Gasteiger partial charge in [0, 0.05) is 42.6 Å². The van der Waals surface area contributed by atoms with E-state index in [1.54, 1.807) is 6.20 Å². The molecular formula is C27H35FN4O3. The van der Waals surface area contributed by atoms with Crippen LogP contribution in [0.2, 0.25) is 0 Å². The molecule has 5 atom stereocenters. The summed E-state index contributed by atoms with van der Waals surface area (Å²) in [4.78, 5) is 22.6. The van der Waals surface area contributed by atoms with Crippen LogP contribution >= 0.6 is 0 Å². The normalized spacial score (nSPS) is 28.5. The highest BCUT2D eigenvalue weighted by atomic mass is 19.1. The average molecular weight is 483 g/mol. The largest absolute Gasteiger partial charge is 0.375 e. The number of nitrogens with one attached hydrogen (secondary N) is 1. The molecule has 5 rings (SSSR count). The van der Waals surface area contributed by atoms with Gasteiger partial charge in [-0.2, -0.15) is 0 Å². The summed E-state index contributed by atoms with van der Waals surface area (Å²) in [5, 5.41) is 3.43. The molecule has 0 bridgehead atoms. The molecule has 1 saturated heterocycles. The number of pyridine rings is 1. The van der Waals surface area contributed by atoms with E-state index >= 15 is 0 Å². The Labute approximate surface area is 206 Å². The van der Waals surface area contributed by atoms with Crippen LogP contribution in [0.5, 0.6) is 0 Å². The molecule has 7 nitrogen and oxygen atoms in total. The van der Waals surface area contributed by atoms with E-state index in [-0.39, 0.29) is 30.4 Å². The molecule has 8 heteroatoms. The fraction of sp³-hybridized carbons (Fsp3) is 0.556. The number of carbonyl (C=O) groups excluding carboxylic acids is 1. The van der Waals surface area contributed by atoms with Gasteiger partial charge in [0.2, 0.25) is 5.91 Å². The number of morpholine rings is 1. The molecule has 1 amide bonds. The number of ether oxygens (including phenoxy) is 2. The van der Waals surface area contributed by atoms with Gasteiger partial charge in [0.15, 0.2) is 0 Å². The van der Waals surface area contributed by atoms with Gasteiger partial charge in [-0.1, -0.05) is 6.07 Å². The zero-order valence-electron chi connectivity index (χ0n) is 20.7. The second-order valence-corrected chi connectivity index (χ2v) is 9.93. The number of fused-ring (bicyclic) bond motifs is 2. The van der Waals surface area contributed by atoms with Gasteiger partial charge in [0.05, 0.1) is 36.7 Å². The first-order valence-corrected chi connectivity index (χ1v) is 12.7. The Hall–Kier alpha value is -2.71. The standard InChI is InChI=1S/C27H35FN4O3/c1-4-34-25-10-7-19(12-22(25)28)27(33)32-15-20-6-5-11-29-26(20)30-23-9-8-21(13-24(23)32)31-14-18(3)35-16-17(31)2/h5-6,8-9,11,13,17-19,22,25H,4,7,10,12,14-16H2,1-3H3,(H,29,30)/t17-,18-,19-,22+,25+/m1/s1. The predicted octanol–water partition coefficient (Wildman–Crippen LogP) is 4.83. The van der Waals surface area contributed by atoms with Crippen molar-refractivity contribution in [3.8, 4) is 0 Å². The molecule has 2 aromatic rings. The molecule has 0 radical (unpaired) electrons. The van der Waals surface area contributed by atoms with E-state index in [0.717, 1.165) is 35.0 Å². The van der Waals surface area contributed by atoms with Crippen molar-refractivity contribution < 1.29 is 18.7 Å². The molecule has 3 aliphatic rings. The Morgan fingerprint density at radius 3 is 2.94 bits per heavy atom. The molecule has 0 unspecified atom stereocenters. The lowest BCUT2D eigenvalue weighted by Gasteiger charge is -2.39. The van der Waals surface area contributed by atoms with Crippen LogP contribution in [0, 0.1) is 5.92 Å². The number of halogens is 1. The van der Waals surface area contributed by atoms with Gasteiger partial charge in [-0.05, 0) is 64.3 Å². The van der Waals surface area contributed by atoms with E-state index in [2.05, 4.69) is 41.2 Å². The average Bonchev–Trinajstić information content (AvgIpc) is 3.02. The Kier molecular flexibility index (Phi) is 6.93. The number of anilines is 4. The van der Waals surface area contributed by atoms with Crippen LogP contribution in [0.3, 0.4) is 0 Å². The molecule has 1 N–H and O–H groups in total. The molecule has 1 aromatic heterocycles. The maximum absolute atomic E-state index is 14.9. The Balaban J connectivity index is 1.49. The molecule has 0 spiro atoms. The third-order valence-electron chi connectivity index (χ3n) is 7.39. The minimum atomic E-state index is -1.13. The number of alkyl halides is 1. The molecule has 35 heavy (non-hydrogen) atoms. The van der Waals surface area contributed by atoms with Gasteiger partial charge in [-0.3, -0.25) is 4.79 Å². The monoisotopic (exact) mass is 482 g/mol. The maximum Gasteiger partial charge on any atom is 0.230 e. The fourth-order valence-electron chi connectivity index (χ4n) is 5.48. The molecular weight excluding hydrogens is 447 g/mol. The number of nitrogens with zero attached hydrogens (tertiary/aromatic N) is 3. The van der Waals surface area contributed by atoms with Crippen molar-refractivity contribution in [3.63, 3.8) is 0 Å². The summed E-state index contributed by atoms with van der Waals surface area (Å²) in [5.41, 5.74) is 3.62. The van der Waals surface area contributed by atoms with Gasteiger partial charge in [0.1, 0.15) is 12.0 Å². The van der Waals surface area contributed by atoms with Crippen molar-refractivity contribution in [3.05, 3.63) is 42.1 Å². The van der Waals surface area contributed by atoms with Crippen LogP contribution < -0.4 is 15.1 Å². The Morgan fingerprint density at radius 1 is 1.29 bits per heavy atom. The van der Waals surface area contributed by atoms with Crippen molar-refractivity contribution in [1.29, 1.82) is 0 Å². The van der Waals surface area contributed by atoms with E-state index in [1.807, 2.05) is 30.0 Å². The number of benzene rings is 1. The van der Waals surface area contributed by atoms with E-state index in [0.29, 0.717) is 32.6 Å². The first-order chi connectivity index (χ1) is 16.9. The van der Waals surface area contributed by atoms with Crippen molar-refractivity contribution in [2.75, 3.05) is 34.9 Å².